The molecule has 3 nitrogen and oxygen atoms in total. The molecule has 0 radical (unpaired) electrons. The summed E-state index contributed by atoms with van der Waals surface area (Å²) in [5.41, 5.74) is 2.54. The molecular formula is C15H12N2OS. The van der Waals surface area contributed by atoms with E-state index in [0.29, 0.717) is 6.42 Å². The van der Waals surface area contributed by atoms with E-state index >= 15 is 0 Å². The Morgan fingerprint density at radius 3 is 2.95 bits per heavy atom. The van der Waals surface area contributed by atoms with Crippen LogP contribution in [0.4, 0.5) is 0 Å². The lowest BCUT2D eigenvalue weighted by Gasteiger charge is -2.03. The Kier molecular flexibility index (Phi) is 3.09. The Balaban J connectivity index is 1.97. The molecule has 19 heavy (non-hydrogen) atoms. The summed E-state index contributed by atoms with van der Waals surface area (Å²) in [6.07, 6.45) is 2.09. The number of pyridine rings is 1. The highest BCUT2D eigenvalue weighted by Gasteiger charge is 2.12. The van der Waals surface area contributed by atoms with E-state index < -0.39 is 0 Å². The number of Topliss-reactive ketones (excluding diaryl/α,β-unsaturated/α-hetero) is 1. The second kappa shape index (κ2) is 4.90. The summed E-state index contributed by atoms with van der Waals surface area (Å²) in [5, 5.41) is 3.74. The Morgan fingerprint density at radius 1 is 1.26 bits per heavy atom. The van der Waals surface area contributed by atoms with E-state index in [-0.39, 0.29) is 5.78 Å². The maximum absolute atomic E-state index is 12.4. The van der Waals surface area contributed by atoms with Gasteiger partial charge in [0.2, 0.25) is 0 Å². The zero-order valence-corrected chi connectivity index (χ0v) is 11.3. The molecule has 0 saturated heterocycles. The first-order chi connectivity index (χ1) is 9.24. The number of rotatable bonds is 3. The first-order valence-corrected chi connectivity index (χ1v) is 6.90. The molecule has 0 aliphatic heterocycles. The lowest BCUT2D eigenvalue weighted by Crippen LogP contribution is -2.04. The molecule has 0 amide bonds. The molecule has 3 rings (SSSR count). The zero-order chi connectivity index (χ0) is 13.2. The molecule has 0 aliphatic rings. The maximum atomic E-state index is 12.4. The standard InChI is InChI=1S/C15H12N2OS/c1-10-9-19-15(17-10)8-14(18)12-4-2-6-13-11(12)5-3-7-16-13/h2-7,9H,8H2,1H3. The number of benzene rings is 1. The highest BCUT2D eigenvalue weighted by Crippen LogP contribution is 2.19. The number of hydrogen-bond donors (Lipinski definition) is 0. The van der Waals surface area contributed by atoms with Crippen LogP contribution in [-0.2, 0) is 6.42 Å². The molecule has 2 aromatic heterocycles. The highest BCUT2D eigenvalue weighted by atomic mass is 32.1. The Bertz CT molecular complexity index is 743. The molecule has 0 spiro atoms. The molecule has 0 bridgehead atoms. The summed E-state index contributed by atoms with van der Waals surface area (Å²) in [6.45, 7) is 1.94. The van der Waals surface area contributed by atoms with Gasteiger partial charge in [0.1, 0.15) is 5.01 Å². The van der Waals surface area contributed by atoms with E-state index in [1.165, 1.54) is 11.3 Å². The van der Waals surface area contributed by atoms with Crippen LogP contribution in [0.2, 0.25) is 0 Å². The molecule has 0 saturated carbocycles. The van der Waals surface area contributed by atoms with Gasteiger partial charge < -0.3 is 0 Å². The van der Waals surface area contributed by atoms with Gasteiger partial charge in [0.05, 0.1) is 11.9 Å². The molecule has 2 heterocycles. The predicted molar refractivity (Wildman–Crippen MR) is 76.6 cm³/mol. The van der Waals surface area contributed by atoms with E-state index in [9.17, 15) is 4.79 Å². The fourth-order valence-corrected chi connectivity index (χ4v) is 2.83. The van der Waals surface area contributed by atoms with Crippen molar-refractivity contribution in [2.24, 2.45) is 0 Å². The van der Waals surface area contributed by atoms with Crippen LogP contribution in [0.15, 0.2) is 41.9 Å². The lowest BCUT2D eigenvalue weighted by atomic mass is 10.0. The van der Waals surface area contributed by atoms with E-state index in [0.717, 1.165) is 27.2 Å². The molecule has 0 fully saturated rings. The first kappa shape index (κ1) is 12.0. The molecule has 0 aliphatic carbocycles. The molecule has 0 atom stereocenters. The van der Waals surface area contributed by atoms with Crippen LogP contribution >= 0.6 is 11.3 Å². The molecule has 0 N–H and O–H groups in total. The maximum Gasteiger partial charge on any atom is 0.170 e. The number of thiazole rings is 1. The number of aryl methyl sites for hydroxylation is 1. The van der Waals surface area contributed by atoms with Gasteiger partial charge in [-0.1, -0.05) is 18.2 Å². The number of carbonyl (C=O) groups excluding carboxylic acids is 1. The van der Waals surface area contributed by atoms with Gasteiger partial charge in [0.25, 0.3) is 0 Å². The average molecular weight is 268 g/mol. The molecular weight excluding hydrogens is 256 g/mol. The predicted octanol–water partition coefficient (Wildman–Crippen LogP) is 3.43. The second-order valence-corrected chi connectivity index (χ2v) is 5.30. The van der Waals surface area contributed by atoms with Crippen molar-refractivity contribution >= 4 is 28.0 Å². The van der Waals surface area contributed by atoms with Crippen LogP contribution in [0.5, 0.6) is 0 Å². The van der Waals surface area contributed by atoms with E-state index in [1.54, 1.807) is 6.20 Å². The number of nitrogens with zero attached hydrogens (tertiary/aromatic N) is 2. The van der Waals surface area contributed by atoms with Crippen LogP contribution in [-0.4, -0.2) is 15.8 Å². The lowest BCUT2D eigenvalue weighted by molar-refractivity contribution is 0.0994. The quantitative estimate of drug-likeness (QED) is 0.683. The van der Waals surface area contributed by atoms with Crippen molar-refractivity contribution in [3.8, 4) is 0 Å². The van der Waals surface area contributed by atoms with Crippen molar-refractivity contribution in [2.75, 3.05) is 0 Å². The SMILES string of the molecule is Cc1csc(CC(=O)c2cccc3ncccc23)n1. The van der Waals surface area contributed by atoms with Crippen LogP contribution in [0.25, 0.3) is 10.9 Å². The van der Waals surface area contributed by atoms with Crippen molar-refractivity contribution in [2.45, 2.75) is 13.3 Å². The summed E-state index contributed by atoms with van der Waals surface area (Å²) in [7, 11) is 0. The van der Waals surface area contributed by atoms with Crippen molar-refractivity contribution in [3.05, 3.63) is 58.2 Å². The second-order valence-electron chi connectivity index (χ2n) is 4.36. The number of ketones is 1. The number of carbonyl (C=O) groups is 1. The number of hydrogen-bond acceptors (Lipinski definition) is 4. The van der Waals surface area contributed by atoms with Gasteiger partial charge in [-0.2, -0.15) is 0 Å². The summed E-state index contributed by atoms with van der Waals surface area (Å²) >= 11 is 1.53. The Hall–Kier alpha value is -2.07. The van der Waals surface area contributed by atoms with Crippen LogP contribution in [0, 0.1) is 6.92 Å². The number of aromatic nitrogens is 2. The largest absolute Gasteiger partial charge is 0.294 e. The highest BCUT2D eigenvalue weighted by molar-refractivity contribution is 7.09. The van der Waals surface area contributed by atoms with Gasteiger partial charge in [-0.05, 0) is 19.1 Å². The normalized spacial score (nSPS) is 10.8. The van der Waals surface area contributed by atoms with Gasteiger partial charge in [-0.15, -0.1) is 11.3 Å². The summed E-state index contributed by atoms with van der Waals surface area (Å²) in [6, 6.07) is 9.43. The molecule has 94 valence electrons. The van der Waals surface area contributed by atoms with Crippen molar-refractivity contribution in [1.82, 2.24) is 9.97 Å². The molecule has 1 aromatic carbocycles. The smallest absolute Gasteiger partial charge is 0.170 e. The molecule has 4 heteroatoms. The minimum Gasteiger partial charge on any atom is -0.294 e. The number of fused-ring (bicyclic) bond motifs is 1. The Morgan fingerprint density at radius 2 is 2.16 bits per heavy atom. The van der Waals surface area contributed by atoms with Crippen molar-refractivity contribution < 1.29 is 4.79 Å². The van der Waals surface area contributed by atoms with Crippen LogP contribution < -0.4 is 0 Å². The Labute approximate surface area is 115 Å². The first-order valence-electron chi connectivity index (χ1n) is 6.02. The summed E-state index contributed by atoms with van der Waals surface area (Å²) in [5.74, 6) is 0.0907. The third kappa shape index (κ3) is 2.39. The van der Waals surface area contributed by atoms with Gasteiger partial charge in [-0.25, -0.2) is 4.98 Å². The fraction of sp³-hybridized carbons (Fsp3) is 0.133. The third-order valence-electron chi connectivity index (χ3n) is 2.92. The van der Waals surface area contributed by atoms with E-state index in [4.69, 9.17) is 0 Å². The van der Waals surface area contributed by atoms with Crippen molar-refractivity contribution in [3.63, 3.8) is 0 Å². The molecule has 0 unspecified atom stereocenters. The minimum atomic E-state index is 0.0907. The van der Waals surface area contributed by atoms with E-state index in [1.807, 2.05) is 42.6 Å². The fourth-order valence-electron chi connectivity index (χ4n) is 2.06. The monoisotopic (exact) mass is 268 g/mol. The van der Waals surface area contributed by atoms with Crippen LogP contribution in [0.3, 0.4) is 0 Å². The van der Waals surface area contributed by atoms with Gasteiger partial charge in [0, 0.05) is 28.2 Å². The van der Waals surface area contributed by atoms with Crippen molar-refractivity contribution in [1.29, 1.82) is 0 Å². The zero-order valence-electron chi connectivity index (χ0n) is 10.5. The van der Waals surface area contributed by atoms with E-state index in [2.05, 4.69) is 9.97 Å². The van der Waals surface area contributed by atoms with Gasteiger partial charge >= 0.3 is 0 Å². The third-order valence-corrected chi connectivity index (χ3v) is 3.89. The topological polar surface area (TPSA) is 42.9 Å². The van der Waals surface area contributed by atoms with Crippen LogP contribution in [0.1, 0.15) is 21.1 Å². The van der Waals surface area contributed by atoms with Gasteiger partial charge in [-0.3, -0.25) is 9.78 Å². The minimum absolute atomic E-state index is 0.0907. The summed E-state index contributed by atoms with van der Waals surface area (Å²) < 4.78 is 0. The van der Waals surface area contributed by atoms with Gasteiger partial charge in [0.15, 0.2) is 5.78 Å². The average Bonchev–Trinajstić information content (AvgIpc) is 2.83. The summed E-state index contributed by atoms with van der Waals surface area (Å²) in [4.78, 5) is 21.0. The molecule has 3 aromatic rings.